The van der Waals surface area contributed by atoms with E-state index in [1.54, 1.807) is 12.1 Å². The number of aromatic nitrogens is 3. The van der Waals surface area contributed by atoms with Crippen molar-refractivity contribution in [1.29, 1.82) is 0 Å². The third kappa shape index (κ3) is 2.03. The fraction of sp³-hybridized carbons (Fsp3) is 0. The molecule has 2 aromatic carbocycles. The van der Waals surface area contributed by atoms with E-state index >= 15 is 0 Å². The molecule has 0 saturated carbocycles. The fourth-order valence-corrected chi connectivity index (χ4v) is 2.55. The van der Waals surface area contributed by atoms with E-state index in [0.29, 0.717) is 21.8 Å². The number of hydrogen-bond acceptors (Lipinski definition) is 3. The van der Waals surface area contributed by atoms with Crippen molar-refractivity contribution in [2.75, 3.05) is 0 Å². The normalized spacial score (nSPS) is 11.1. The van der Waals surface area contributed by atoms with E-state index in [2.05, 4.69) is 10.1 Å². The molecule has 0 aliphatic carbocycles. The molecule has 22 heavy (non-hydrogen) atoms. The van der Waals surface area contributed by atoms with Crippen LogP contribution in [0.2, 0.25) is 5.02 Å². The quantitative estimate of drug-likeness (QED) is 0.615. The number of nitrogens with one attached hydrogen (secondary N) is 1. The summed E-state index contributed by atoms with van der Waals surface area (Å²) in [5.74, 6) is 0. The van der Waals surface area contributed by atoms with Crippen LogP contribution in [0.15, 0.2) is 63.8 Å². The Morgan fingerprint density at radius 2 is 1.86 bits per heavy atom. The number of H-pyrrole nitrogens is 1. The number of rotatable bonds is 2. The Bertz CT molecular complexity index is 996. The number of para-hydroxylation sites is 2. The lowest BCUT2D eigenvalue weighted by atomic mass is 10.1. The Labute approximate surface area is 129 Å². The van der Waals surface area contributed by atoms with Gasteiger partial charge < -0.3 is 4.42 Å². The zero-order chi connectivity index (χ0) is 15.1. The number of aromatic amines is 1. The van der Waals surface area contributed by atoms with Crippen LogP contribution in [-0.2, 0) is 0 Å². The van der Waals surface area contributed by atoms with Crippen molar-refractivity contribution in [3.63, 3.8) is 0 Å². The maximum atomic E-state index is 12.2. The highest BCUT2D eigenvalue weighted by atomic mass is 35.5. The fourth-order valence-electron chi connectivity index (χ4n) is 2.31. The van der Waals surface area contributed by atoms with Crippen molar-refractivity contribution in [3.05, 3.63) is 70.0 Å². The van der Waals surface area contributed by atoms with Gasteiger partial charge in [0.1, 0.15) is 5.52 Å². The Morgan fingerprint density at radius 3 is 2.68 bits per heavy atom. The average Bonchev–Trinajstić information content (AvgIpc) is 3.10. The zero-order valence-electron chi connectivity index (χ0n) is 11.3. The standard InChI is InChI=1S/C16H10ClN3O2/c17-11-6-2-1-5-10(11)13-9-15(21)20(19-13)16-18-12-7-3-4-8-14(12)22-16/h1-9,19H. The van der Waals surface area contributed by atoms with E-state index in [1.807, 2.05) is 36.4 Å². The van der Waals surface area contributed by atoms with Gasteiger partial charge in [0.05, 0.1) is 5.69 Å². The van der Waals surface area contributed by atoms with Gasteiger partial charge in [0, 0.05) is 16.7 Å². The van der Waals surface area contributed by atoms with Crippen LogP contribution in [0.4, 0.5) is 0 Å². The molecule has 2 heterocycles. The van der Waals surface area contributed by atoms with Gasteiger partial charge >= 0.3 is 6.01 Å². The largest absolute Gasteiger partial charge is 0.422 e. The van der Waals surface area contributed by atoms with Crippen LogP contribution in [0.1, 0.15) is 0 Å². The molecule has 0 atom stereocenters. The summed E-state index contributed by atoms with van der Waals surface area (Å²) in [6.07, 6.45) is 0. The van der Waals surface area contributed by atoms with Gasteiger partial charge in [0.15, 0.2) is 5.58 Å². The molecule has 0 fully saturated rings. The van der Waals surface area contributed by atoms with Crippen molar-refractivity contribution >= 4 is 22.7 Å². The Balaban J connectivity index is 1.87. The van der Waals surface area contributed by atoms with E-state index in [1.165, 1.54) is 10.7 Å². The van der Waals surface area contributed by atoms with Crippen LogP contribution in [0, 0.1) is 0 Å². The lowest BCUT2D eigenvalue weighted by Crippen LogP contribution is -2.13. The lowest BCUT2D eigenvalue weighted by molar-refractivity contribution is 0.538. The van der Waals surface area contributed by atoms with Crippen LogP contribution in [0.25, 0.3) is 28.4 Å². The molecular weight excluding hydrogens is 302 g/mol. The molecule has 0 aliphatic rings. The summed E-state index contributed by atoms with van der Waals surface area (Å²) in [5, 5.41) is 3.54. The van der Waals surface area contributed by atoms with Gasteiger partial charge in [-0.05, 0) is 18.2 Å². The number of oxazole rings is 1. The molecule has 0 radical (unpaired) electrons. The van der Waals surface area contributed by atoms with Crippen LogP contribution >= 0.6 is 11.6 Å². The number of nitrogens with zero attached hydrogens (tertiary/aromatic N) is 2. The monoisotopic (exact) mass is 311 g/mol. The van der Waals surface area contributed by atoms with E-state index in [9.17, 15) is 4.79 Å². The second-order valence-corrected chi connectivity index (χ2v) is 5.19. The summed E-state index contributed by atoms with van der Waals surface area (Å²) in [6.45, 7) is 0. The highest BCUT2D eigenvalue weighted by molar-refractivity contribution is 6.33. The van der Waals surface area contributed by atoms with Crippen LogP contribution in [0.3, 0.4) is 0 Å². The first kappa shape index (κ1) is 12.9. The van der Waals surface area contributed by atoms with Crippen molar-refractivity contribution in [3.8, 4) is 17.3 Å². The van der Waals surface area contributed by atoms with Gasteiger partial charge in [-0.2, -0.15) is 9.67 Å². The molecule has 2 aromatic heterocycles. The van der Waals surface area contributed by atoms with Crippen LogP contribution in [-0.4, -0.2) is 14.8 Å². The second-order valence-electron chi connectivity index (χ2n) is 4.79. The molecule has 4 rings (SSSR count). The summed E-state index contributed by atoms with van der Waals surface area (Å²) in [4.78, 5) is 16.5. The molecule has 4 aromatic rings. The van der Waals surface area contributed by atoms with Crippen molar-refractivity contribution in [1.82, 2.24) is 14.8 Å². The molecule has 6 heteroatoms. The van der Waals surface area contributed by atoms with E-state index in [4.69, 9.17) is 16.0 Å². The minimum Gasteiger partial charge on any atom is -0.422 e. The first-order valence-corrected chi connectivity index (χ1v) is 7.03. The van der Waals surface area contributed by atoms with E-state index < -0.39 is 0 Å². The Hall–Kier alpha value is -2.79. The van der Waals surface area contributed by atoms with Gasteiger partial charge in [-0.3, -0.25) is 9.89 Å². The molecule has 0 aliphatic heterocycles. The minimum atomic E-state index is -0.263. The molecule has 5 nitrogen and oxygen atoms in total. The predicted octanol–water partition coefficient (Wildman–Crippen LogP) is 3.63. The molecule has 108 valence electrons. The average molecular weight is 312 g/mol. The molecule has 1 N–H and O–H groups in total. The predicted molar refractivity (Wildman–Crippen MR) is 84.4 cm³/mol. The topological polar surface area (TPSA) is 63.8 Å². The second kappa shape index (κ2) is 4.89. The zero-order valence-corrected chi connectivity index (χ0v) is 12.0. The Morgan fingerprint density at radius 1 is 1.09 bits per heavy atom. The van der Waals surface area contributed by atoms with Crippen LogP contribution < -0.4 is 5.56 Å². The summed E-state index contributed by atoms with van der Waals surface area (Å²) < 4.78 is 6.86. The SMILES string of the molecule is O=c1cc(-c2ccccc2Cl)[nH]n1-c1nc2ccccc2o1. The summed E-state index contributed by atoms with van der Waals surface area (Å²) >= 11 is 6.16. The summed E-state index contributed by atoms with van der Waals surface area (Å²) in [5.41, 5.74) is 2.41. The first-order chi connectivity index (χ1) is 10.7. The minimum absolute atomic E-state index is 0.199. The molecule has 0 unspecified atom stereocenters. The third-order valence-corrected chi connectivity index (χ3v) is 3.69. The van der Waals surface area contributed by atoms with Crippen molar-refractivity contribution in [2.24, 2.45) is 0 Å². The highest BCUT2D eigenvalue weighted by Crippen LogP contribution is 2.25. The van der Waals surface area contributed by atoms with Gasteiger partial charge in [0.2, 0.25) is 0 Å². The van der Waals surface area contributed by atoms with Gasteiger partial charge in [-0.15, -0.1) is 0 Å². The number of hydrogen-bond donors (Lipinski definition) is 1. The number of fused-ring (bicyclic) bond motifs is 1. The van der Waals surface area contributed by atoms with E-state index in [0.717, 1.165) is 5.56 Å². The maximum absolute atomic E-state index is 12.2. The Kier molecular flexibility index (Phi) is 2.87. The molecule has 0 spiro atoms. The third-order valence-electron chi connectivity index (χ3n) is 3.36. The molecule has 0 bridgehead atoms. The smallest absolute Gasteiger partial charge is 0.325 e. The first-order valence-electron chi connectivity index (χ1n) is 6.65. The highest BCUT2D eigenvalue weighted by Gasteiger charge is 2.13. The van der Waals surface area contributed by atoms with Gasteiger partial charge in [-0.1, -0.05) is 41.9 Å². The molecule has 0 amide bonds. The van der Waals surface area contributed by atoms with Crippen LogP contribution in [0.5, 0.6) is 0 Å². The van der Waals surface area contributed by atoms with E-state index in [-0.39, 0.29) is 11.6 Å². The van der Waals surface area contributed by atoms with Gasteiger partial charge in [-0.25, -0.2) is 0 Å². The summed E-state index contributed by atoms with van der Waals surface area (Å²) in [6, 6.07) is 16.3. The van der Waals surface area contributed by atoms with Gasteiger partial charge in [0.25, 0.3) is 5.56 Å². The lowest BCUT2D eigenvalue weighted by Gasteiger charge is -2.00. The number of halogens is 1. The van der Waals surface area contributed by atoms with Crippen molar-refractivity contribution in [2.45, 2.75) is 0 Å². The maximum Gasteiger partial charge on any atom is 0.325 e. The molecule has 0 saturated heterocycles. The number of benzene rings is 2. The molecular formula is C16H10ClN3O2. The van der Waals surface area contributed by atoms with Crippen molar-refractivity contribution < 1.29 is 4.42 Å². The summed E-state index contributed by atoms with van der Waals surface area (Å²) in [7, 11) is 0.